The van der Waals surface area contributed by atoms with Crippen molar-refractivity contribution >= 4 is 5.78 Å². The summed E-state index contributed by atoms with van der Waals surface area (Å²) in [5.74, 6) is 0.863. The lowest BCUT2D eigenvalue weighted by atomic mass is 9.62. The van der Waals surface area contributed by atoms with E-state index in [2.05, 4.69) is 13.8 Å². The molecule has 3 atom stereocenters. The zero-order valence-corrected chi connectivity index (χ0v) is 6.39. The van der Waals surface area contributed by atoms with Crippen LogP contribution < -0.4 is 0 Å². The first-order chi connectivity index (χ1) is 4.64. The van der Waals surface area contributed by atoms with E-state index < -0.39 is 0 Å². The molecule has 56 valence electrons. The molecule has 0 radical (unpaired) electrons. The second-order valence-electron chi connectivity index (χ2n) is 3.76. The average molecular weight is 140 g/mol. The van der Waals surface area contributed by atoms with Crippen LogP contribution in [0.1, 0.15) is 20.3 Å². The highest BCUT2D eigenvalue weighted by molar-refractivity contribution is 5.91. The normalized spacial score (nSPS) is 52.4. The van der Waals surface area contributed by atoms with E-state index in [-0.39, 0.29) is 11.5 Å². The second kappa shape index (κ2) is 1.62. The first kappa shape index (κ1) is 6.35. The fraction of sp³-hybridized carbons (Fsp3) is 0.875. The van der Waals surface area contributed by atoms with Gasteiger partial charge in [-0.2, -0.15) is 0 Å². The summed E-state index contributed by atoms with van der Waals surface area (Å²) in [6, 6.07) is 0. The van der Waals surface area contributed by atoms with Crippen LogP contribution in [0.25, 0.3) is 0 Å². The molecule has 2 heteroatoms. The van der Waals surface area contributed by atoms with Gasteiger partial charge in [-0.15, -0.1) is 0 Å². The maximum atomic E-state index is 10.9. The van der Waals surface area contributed by atoms with E-state index in [4.69, 9.17) is 4.74 Å². The molecule has 10 heavy (non-hydrogen) atoms. The Hall–Kier alpha value is -0.370. The number of hydrogen-bond donors (Lipinski definition) is 0. The molecule has 0 unspecified atom stereocenters. The predicted octanol–water partition coefficient (Wildman–Crippen LogP) is 1.00. The van der Waals surface area contributed by atoms with Crippen LogP contribution in [-0.2, 0) is 9.53 Å². The lowest BCUT2D eigenvalue weighted by Crippen LogP contribution is -2.50. The third-order valence-corrected chi connectivity index (χ3v) is 3.09. The highest BCUT2D eigenvalue weighted by Gasteiger charge is 2.58. The Labute approximate surface area is 60.6 Å². The number of ether oxygens (including phenoxy) is 1. The monoisotopic (exact) mass is 140 g/mol. The maximum Gasteiger partial charge on any atom is 0.162 e. The molecule has 1 heterocycles. The molecule has 0 spiro atoms. The van der Waals surface area contributed by atoms with Gasteiger partial charge in [0.25, 0.3) is 0 Å². The zero-order chi connectivity index (χ0) is 7.35. The van der Waals surface area contributed by atoms with Gasteiger partial charge in [0.1, 0.15) is 6.10 Å². The summed E-state index contributed by atoms with van der Waals surface area (Å²) in [7, 11) is 0. The Bertz CT molecular complexity index is 188. The topological polar surface area (TPSA) is 26.3 Å². The molecule has 1 saturated heterocycles. The predicted molar refractivity (Wildman–Crippen MR) is 36.6 cm³/mol. The molecule has 0 aromatic heterocycles. The Balaban J connectivity index is 2.24. The first-order valence-corrected chi connectivity index (χ1v) is 3.79. The maximum absolute atomic E-state index is 10.9. The van der Waals surface area contributed by atoms with E-state index in [0.717, 1.165) is 13.0 Å². The molecule has 0 N–H and O–H groups in total. The first-order valence-electron chi connectivity index (χ1n) is 3.79. The van der Waals surface area contributed by atoms with Crippen molar-refractivity contribution in [3.8, 4) is 0 Å². The number of hydrogen-bond acceptors (Lipinski definition) is 2. The number of carbonyl (C=O) groups excluding carboxylic acids is 1. The second-order valence-corrected chi connectivity index (χ2v) is 3.76. The van der Waals surface area contributed by atoms with Gasteiger partial charge in [0.2, 0.25) is 0 Å². The van der Waals surface area contributed by atoms with Crippen LogP contribution in [0, 0.1) is 11.3 Å². The van der Waals surface area contributed by atoms with Gasteiger partial charge in [0, 0.05) is 11.8 Å². The standard InChI is InChI=1S/C8H12O2/c1-5-4-10-7-6(9)3-8(5,7)2/h5,7H,3-4H2,1-2H3/t5-,7-,8-/m1/s1. The van der Waals surface area contributed by atoms with Crippen LogP contribution in [0.15, 0.2) is 0 Å². The van der Waals surface area contributed by atoms with E-state index in [0.29, 0.717) is 11.7 Å². The van der Waals surface area contributed by atoms with Gasteiger partial charge in [0.15, 0.2) is 5.78 Å². The van der Waals surface area contributed by atoms with Crippen LogP contribution in [0.2, 0.25) is 0 Å². The minimum atomic E-state index is -0.0532. The van der Waals surface area contributed by atoms with Crippen molar-refractivity contribution in [2.45, 2.75) is 26.4 Å². The summed E-state index contributed by atoms with van der Waals surface area (Å²) < 4.78 is 5.33. The Kier molecular flexibility index (Phi) is 1.03. The highest BCUT2D eigenvalue weighted by atomic mass is 16.5. The van der Waals surface area contributed by atoms with E-state index in [1.54, 1.807) is 0 Å². The number of rotatable bonds is 0. The Morgan fingerprint density at radius 2 is 2.40 bits per heavy atom. The van der Waals surface area contributed by atoms with E-state index in [9.17, 15) is 4.79 Å². The Morgan fingerprint density at radius 1 is 1.70 bits per heavy atom. The third kappa shape index (κ3) is 0.511. The number of Topliss-reactive ketones (excluding diaryl/α,β-unsaturated/α-hetero) is 1. The highest BCUT2D eigenvalue weighted by Crippen LogP contribution is 2.50. The largest absolute Gasteiger partial charge is 0.370 e. The van der Waals surface area contributed by atoms with Gasteiger partial charge in [-0.05, 0) is 5.92 Å². The van der Waals surface area contributed by atoms with Crippen molar-refractivity contribution < 1.29 is 9.53 Å². The molecule has 2 nitrogen and oxygen atoms in total. The van der Waals surface area contributed by atoms with Crippen molar-refractivity contribution in [1.82, 2.24) is 0 Å². The summed E-state index contributed by atoms with van der Waals surface area (Å²) in [5, 5.41) is 0. The van der Waals surface area contributed by atoms with Gasteiger partial charge in [-0.25, -0.2) is 0 Å². The lowest BCUT2D eigenvalue weighted by molar-refractivity contribution is -0.148. The fourth-order valence-corrected chi connectivity index (χ4v) is 1.94. The van der Waals surface area contributed by atoms with E-state index >= 15 is 0 Å². The SMILES string of the molecule is C[C@@H]1CO[C@@H]2C(=O)C[C@]12C. The number of ketones is 1. The van der Waals surface area contributed by atoms with Crippen LogP contribution in [0.3, 0.4) is 0 Å². The lowest BCUT2D eigenvalue weighted by Gasteiger charge is -2.40. The molecule has 2 fully saturated rings. The molecule has 0 amide bonds. The van der Waals surface area contributed by atoms with Gasteiger partial charge < -0.3 is 4.74 Å². The molecule has 1 saturated carbocycles. The van der Waals surface area contributed by atoms with Crippen LogP contribution in [0.4, 0.5) is 0 Å². The van der Waals surface area contributed by atoms with Crippen LogP contribution in [-0.4, -0.2) is 18.5 Å². The van der Waals surface area contributed by atoms with Crippen molar-refractivity contribution in [2.75, 3.05) is 6.61 Å². The van der Waals surface area contributed by atoms with Crippen molar-refractivity contribution in [3.63, 3.8) is 0 Å². The Morgan fingerprint density at radius 3 is 2.80 bits per heavy atom. The van der Waals surface area contributed by atoms with Gasteiger partial charge in [-0.3, -0.25) is 4.79 Å². The van der Waals surface area contributed by atoms with Crippen molar-refractivity contribution in [3.05, 3.63) is 0 Å². The zero-order valence-electron chi connectivity index (χ0n) is 6.39. The molecule has 1 aliphatic carbocycles. The molecular formula is C8H12O2. The summed E-state index contributed by atoms with van der Waals surface area (Å²) in [4.78, 5) is 10.9. The molecule has 0 aromatic carbocycles. The fourth-order valence-electron chi connectivity index (χ4n) is 1.94. The minimum Gasteiger partial charge on any atom is -0.370 e. The summed E-state index contributed by atoms with van der Waals surface area (Å²) >= 11 is 0. The third-order valence-electron chi connectivity index (χ3n) is 3.09. The average Bonchev–Trinajstić information content (AvgIpc) is 2.06. The van der Waals surface area contributed by atoms with Crippen LogP contribution >= 0.6 is 0 Å². The summed E-state index contributed by atoms with van der Waals surface area (Å²) in [6.45, 7) is 5.08. The smallest absolute Gasteiger partial charge is 0.162 e. The van der Waals surface area contributed by atoms with Gasteiger partial charge in [0.05, 0.1) is 6.61 Å². The molecule has 2 aliphatic rings. The van der Waals surface area contributed by atoms with Gasteiger partial charge >= 0.3 is 0 Å². The number of fused-ring (bicyclic) bond motifs is 1. The summed E-state index contributed by atoms with van der Waals surface area (Å²) in [5.41, 5.74) is 0.192. The quantitative estimate of drug-likeness (QED) is 0.501. The number of carbonyl (C=O) groups is 1. The minimum absolute atomic E-state index is 0.0532. The molecular weight excluding hydrogens is 128 g/mol. The van der Waals surface area contributed by atoms with E-state index in [1.165, 1.54) is 0 Å². The van der Waals surface area contributed by atoms with Crippen molar-refractivity contribution in [1.29, 1.82) is 0 Å². The molecule has 1 aliphatic heterocycles. The van der Waals surface area contributed by atoms with Crippen molar-refractivity contribution in [2.24, 2.45) is 11.3 Å². The molecule has 0 aromatic rings. The van der Waals surface area contributed by atoms with E-state index in [1.807, 2.05) is 0 Å². The van der Waals surface area contributed by atoms with Gasteiger partial charge in [-0.1, -0.05) is 13.8 Å². The summed E-state index contributed by atoms with van der Waals surface area (Å²) in [6.07, 6.45) is 0.682. The molecule has 0 bridgehead atoms. The van der Waals surface area contributed by atoms with Crippen LogP contribution in [0.5, 0.6) is 0 Å². The molecule has 2 rings (SSSR count).